The molecule has 2 aliphatic rings. The van der Waals surface area contributed by atoms with Crippen molar-refractivity contribution in [1.29, 1.82) is 0 Å². The first-order valence-corrected chi connectivity index (χ1v) is 6.88. The van der Waals surface area contributed by atoms with E-state index in [0.29, 0.717) is 12.3 Å². The van der Waals surface area contributed by atoms with Crippen molar-refractivity contribution in [1.82, 2.24) is 15.1 Å². The summed E-state index contributed by atoms with van der Waals surface area (Å²) in [6.07, 6.45) is 1.96. The zero-order chi connectivity index (χ0) is 13.0. The number of rotatable bonds is 3. The van der Waals surface area contributed by atoms with Crippen molar-refractivity contribution in [2.75, 3.05) is 45.8 Å². The van der Waals surface area contributed by atoms with Crippen LogP contribution in [0.4, 0.5) is 0 Å². The summed E-state index contributed by atoms with van der Waals surface area (Å²) in [5.41, 5.74) is 0. The van der Waals surface area contributed by atoms with Gasteiger partial charge in [0.25, 0.3) is 0 Å². The van der Waals surface area contributed by atoms with Crippen LogP contribution in [0.15, 0.2) is 0 Å². The summed E-state index contributed by atoms with van der Waals surface area (Å²) < 4.78 is 0. The fourth-order valence-corrected chi connectivity index (χ4v) is 2.71. The predicted molar refractivity (Wildman–Crippen MR) is 69.3 cm³/mol. The number of hydrogen-bond acceptors (Lipinski definition) is 4. The van der Waals surface area contributed by atoms with E-state index in [1.54, 1.807) is 6.92 Å². The van der Waals surface area contributed by atoms with Crippen LogP contribution >= 0.6 is 0 Å². The smallest absolute Gasteiger partial charge is 0.219 e. The lowest BCUT2D eigenvalue weighted by Gasteiger charge is -2.34. The molecule has 0 unspecified atom stereocenters. The first-order chi connectivity index (χ1) is 8.66. The Hall–Kier alpha value is -0.940. The number of piperazine rings is 1. The van der Waals surface area contributed by atoms with Gasteiger partial charge in [-0.05, 0) is 25.9 Å². The summed E-state index contributed by atoms with van der Waals surface area (Å²) in [5.74, 6) is 0.768. The largest absolute Gasteiger partial charge is 0.340 e. The molecule has 5 heteroatoms. The maximum atomic E-state index is 12.1. The Kier molecular flexibility index (Phi) is 4.72. The average molecular weight is 253 g/mol. The van der Waals surface area contributed by atoms with Crippen molar-refractivity contribution < 1.29 is 9.59 Å². The first kappa shape index (κ1) is 13.5. The Morgan fingerprint density at radius 2 is 1.72 bits per heavy atom. The molecule has 102 valence electrons. The van der Waals surface area contributed by atoms with Gasteiger partial charge in [0.15, 0.2) is 0 Å². The number of carbonyl (C=O) groups excluding carboxylic acids is 2. The molecule has 0 aromatic rings. The van der Waals surface area contributed by atoms with Crippen LogP contribution in [0.3, 0.4) is 0 Å². The van der Waals surface area contributed by atoms with E-state index < -0.39 is 0 Å². The maximum Gasteiger partial charge on any atom is 0.219 e. The quantitative estimate of drug-likeness (QED) is 0.751. The molecule has 1 N–H and O–H groups in total. The monoisotopic (exact) mass is 253 g/mol. The van der Waals surface area contributed by atoms with Crippen molar-refractivity contribution in [3.8, 4) is 0 Å². The maximum absolute atomic E-state index is 12.1. The molecule has 5 nitrogen and oxygen atoms in total. The van der Waals surface area contributed by atoms with Gasteiger partial charge in [0.05, 0.1) is 6.54 Å². The van der Waals surface area contributed by atoms with Gasteiger partial charge in [-0.1, -0.05) is 0 Å². The second kappa shape index (κ2) is 6.29. The second-order valence-electron chi connectivity index (χ2n) is 5.27. The summed E-state index contributed by atoms with van der Waals surface area (Å²) in [7, 11) is 0. The lowest BCUT2D eigenvalue weighted by Crippen LogP contribution is -2.50. The van der Waals surface area contributed by atoms with E-state index in [9.17, 15) is 9.59 Å². The summed E-state index contributed by atoms with van der Waals surface area (Å²) in [5, 5.41) is 3.28. The number of carbonyl (C=O) groups is 2. The Morgan fingerprint density at radius 3 is 2.28 bits per heavy atom. The number of ketones is 1. The minimum atomic E-state index is 0.138. The summed E-state index contributed by atoms with van der Waals surface area (Å²) in [6.45, 7) is 7.28. The molecule has 0 aliphatic carbocycles. The first-order valence-electron chi connectivity index (χ1n) is 6.88. The van der Waals surface area contributed by atoms with Gasteiger partial charge in [0.2, 0.25) is 5.91 Å². The van der Waals surface area contributed by atoms with Crippen molar-refractivity contribution in [3.63, 3.8) is 0 Å². The molecule has 0 aromatic heterocycles. The fraction of sp³-hybridized carbons (Fsp3) is 0.846. The lowest BCUT2D eigenvalue weighted by molar-refractivity contribution is -0.131. The minimum absolute atomic E-state index is 0.138. The van der Waals surface area contributed by atoms with Crippen LogP contribution in [0.5, 0.6) is 0 Å². The van der Waals surface area contributed by atoms with E-state index >= 15 is 0 Å². The van der Waals surface area contributed by atoms with Crippen LogP contribution in [0.25, 0.3) is 0 Å². The third kappa shape index (κ3) is 3.53. The molecule has 2 heterocycles. The third-order valence-corrected chi connectivity index (χ3v) is 3.99. The number of nitrogens with one attached hydrogen (secondary N) is 1. The van der Waals surface area contributed by atoms with Gasteiger partial charge in [0, 0.05) is 39.0 Å². The highest BCUT2D eigenvalue weighted by Gasteiger charge is 2.25. The molecule has 2 fully saturated rings. The summed E-state index contributed by atoms with van der Waals surface area (Å²) in [4.78, 5) is 27.4. The highest BCUT2D eigenvalue weighted by atomic mass is 16.2. The SMILES string of the molecule is CC(=O)N1CCN(CC(=O)C2CCNCC2)CC1. The molecule has 0 bridgehead atoms. The Morgan fingerprint density at radius 1 is 1.11 bits per heavy atom. The zero-order valence-corrected chi connectivity index (χ0v) is 11.2. The van der Waals surface area contributed by atoms with Gasteiger partial charge < -0.3 is 10.2 Å². The van der Waals surface area contributed by atoms with Gasteiger partial charge in [-0.15, -0.1) is 0 Å². The molecule has 1 amide bonds. The van der Waals surface area contributed by atoms with E-state index in [1.165, 1.54) is 0 Å². The predicted octanol–water partition coefficient (Wildman–Crippen LogP) is -0.281. The number of Topliss-reactive ketones (excluding diaryl/α,β-unsaturated/α-hetero) is 1. The van der Waals surface area contributed by atoms with Crippen LogP contribution in [0, 0.1) is 5.92 Å². The molecular weight excluding hydrogens is 230 g/mol. The van der Waals surface area contributed by atoms with Crippen LogP contribution < -0.4 is 5.32 Å². The molecule has 2 saturated heterocycles. The number of nitrogens with zero attached hydrogens (tertiary/aromatic N) is 2. The van der Waals surface area contributed by atoms with Crippen LogP contribution in [0.2, 0.25) is 0 Å². The molecule has 2 rings (SSSR count). The van der Waals surface area contributed by atoms with Gasteiger partial charge in [0.1, 0.15) is 5.78 Å². The molecule has 0 radical (unpaired) electrons. The number of piperidine rings is 1. The second-order valence-corrected chi connectivity index (χ2v) is 5.27. The number of amides is 1. The van der Waals surface area contributed by atoms with Gasteiger partial charge in [-0.3, -0.25) is 14.5 Å². The normalized spacial score (nSPS) is 23.1. The average Bonchev–Trinajstić information content (AvgIpc) is 2.40. The highest BCUT2D eigenvalue weighted by molar-refractivity contribution is 5.83. The fourth-order valence-electron chi connectivity index (χ4n) is 2.71. The lowest BCUT2D eigenvalue weighted by atomic mass is 9.93. The molecule has 0 atom stereocenters. The van der Waals surface area contributed by atoms with Crippen molar-refractivity contribution in [3.05, 3.63) is 0 Å². The standard InChI is InChI=1S/C13H23N3O2/c1-11(17)16-8-6-15(7-9-16)10-13(18)12-2-4-14-5-3-12/h12,14H,2-10H2,1H3. The molecule has 0 saturated carbocycles. The van der Waals surface area contributed by atoms with Gasteiger partial charge in [-0.25, -0.2) is 0 Å². The Balaban J connectivity index is 1.73. The van der Waals surface area contributed by atoms with Gasteiger partial charge >= 0.3 is 0 Å². The highest BCUT2D eigenvalue weighted by Crippen LogP contribution is 2.14. The van der Waals surface area contributed by atoms with Crippen molar-refractivity contribution in [2.45, 2.75) is 19.8 Å². The molecule has 18 heavy (non-hydrogen) atoms. The number of hydrogen-bond donors (Lipinski definition) is 1. The molecule has 0 aromatic carbocycles. The van der Waals surface area contributed by atoms with Gasteiger partial charge in [-0.2, -0.15) is 0 Å². The van der Waals surface area contributed by atoms with E-state index in [4.69, 9.17) is 0 Å². The molecule has 0 spiro atoms. The summed E-state index contributed by atoms with van der Waals surface area (Å²) >= 11 is 0. The summed E-state index contributed by atoms with van der Waals surface area (Å²) in [6, 6.07) is 0. The Labute approximate surface area is 108 Å². The zero-order valence-electron chi connectivity index (χ0n) is 11.2. The van der Waals surface area contributed by atoms with E-state index in [-0.39, 0.29) is 11.8 Å². The van der Waals surface area contributed by atoms with E-state index in [0.717, 1.165) is 52.1 Å². The van der Waals surface area contributed by atoms with Crippen LogP contribution in [-0.2, 0) is 9.59 Å². The molecular formula is C13H23N3O2. The molecule has 2 aliphatic heterocycles. The van der Waals surface area contributed by atoms with Crippen LogP contribution in [-0.4, -0.2) is 67.3 Å². The Bertz CT molecular complexity index is 305. The van der Waals surface area contributed by atoms with E-state index in [2.05, 4.69) is 10.2 Å². The van der Waals surface area contributed by atoms with Crippen molar-refractivity contribution >= 4 is 11.7 Å². The van der Waals surface area contributed by atoms with Crippen LogP contribution in [0.1, 0.15) is 19.8 Å². The third-order valence-electron chi connectivity index (χ3n) is 3.99. The topological polar surface area (TPSA) is 52.7 Å². The minimum Gasteiger partial charge on any atom is -0.340 e. The van der Waals surface area contributed by atoms with E-state index in [1.807, 2.05) is 4.90 Å². The van der Waals surface area contributed by atoms with Crippen molar-refractivity contribution in [2.24, 2.45) is 5.92 Å².